The van der Waals surface area contributed by atoms with E-state index in [1.54, 1.807) is 12.3 Å². The van der Waals surface area contributed by atoms with Gasteiger partial charge in [0.1, 0.15) is 18.3 Å². The van der Waals surface area contributed by atoms with E-state index in [0.29, 0.717) is 34.5 Å². The van der Waals surface area contributed by atoms with Crippen molar-refractivity contribution in [2.75, 3.05) is 29.1 Å². The number of aliphatic hydroxyl groups excluding tert-OH is 1. The first-order valence-corrected chi connectivity index (χ1v) is 15.4. The standard InChI is InChI=1S/C28H28ClN5O5S/c1-40(2,36)33-18-6-3-16-11-34(12-17(16)9-18)19-7-4-15(5-8-19)24-20(29)10-21-27(31-24)32-28(30-21)39-23-14-38-25-22(35)13-37-26(23)25/h3-10,22-23,25-26,35H,1,11-14H2,2H3,(H,33,36)(H,30,31,32). The van der Waals surface area contributed by atoms with Crippen LogP contribution in [0.15, 0.2) is 48.5 Å². The molecule has 10 nitrogen and oxygen atoms in total. The number of fused-ring (bicyclic) bond motifs is 3. The van der Waals surface area contributed by atoms with Gasteiger partial charge in [0, 0.05) is 46.0 Å². The van der Waals surface area contributed by atoms with Gasteiger partial charge in [-0.25, -0.2) is 9.19 Å². The van der Waals surface area contributed by atoms with E-state index < -0.39 is 15.8 Å². The van der Waals surface area contributed by atoms with Crippen LogP contribution in [0.4, 0.5) is 11.4 Å². The van der Waals surface area contributed by atoms with Gasteiger partial charge in [0.15, 0.2) is 11.8 Å². The lowest BCUT2D eigenvalue weighted by atomic mass is 10.1. The third-order valence-corrected chi connectivity index (χ3v) is 8.37. The fraction of sp³-hybridized carbons (Fsp3) is 0.321. The van der Waals surface area contributed by atoms with Crippen LogP contribution in [-0.2, 0) is 32.3 Å². The zero-order valence-corrected chi connectivity index (χ0v) is 23.2. The highest BCUT2D eigenvalue weighted by atomic mass is 35.5. The number of halogens is 1. The Labute approximate surface area is 236 Å². The zero-order chi connectivity index (χ0) is 27.6. The van der Waals surface area contributed by atoms with E-state index >= 15 is 0 Å². The van der Waals surface area contributed by atoms with Crippen molar-refractivity contribution in [3.05, 3.63) is 64.7 Å². The number of pyridine rings is 1. The minimum absolute atomic E-state index is 0.234. The van der Waals surface area contributed by atoms with Crippen LogP contribution in [-0.4, -0.2) is 74.0 Å². The molecule has 0 aliphatic carbocycles. The number of nitrogens with one attached hydrogen (secondary N) is 2. The first-order chi connectivity index (χ1) is 19.2. The molecule has 2 aromatic heterocycles. The van der Waals surface area contributed by atoms with E-state index in [1.807, 2.05) is 24.3 Å². The maximum atomic E-state index is 12.0. The predicted octanol–water partition coefficient (Wildman–Crippen LogP) is 3.38. The van der Waals surface area contributed by atoms with Crippen LogP contribution >= 0.6 is 11.6 Å². The van der Waals surface area contributed by atoms with Crippen molar-refractivity contribution in [2.45, 2.75) is 37.5 Å². The van der Waals surface area contributed by atoms with Crippen molar-refractivity contribution in [1.82, 2.24) is 15.0 Å². The Morgan fingerprint density at radius 3 is 2.67 bits per heavy atom. The van der Waals surface area contributed by atoms with Crippen molar-refractivity contribution in [3.8, 4) is 17.3 Å². The summed E-state index contributed by atoms with van der Waals surface area (Å²) in [7, 11) is -2.33. The van der Waals surface area contributed by atoms with Gasteiger partial charge in [-0.1, -0.05) is 29.8 Å². The number of ether oxygens (including phenoxy) is 3. The van der Waals surface area contributed by atoms with Gasteiger partial charge in [-0.15, -0.1) is 0 Å². The fourth-order valence-corrected chi connectivity index (χ4v) is 6.45. The van der Waals surface area contributed by atoms with Crippen molar-refractivity contribution >= 4 is 49.7 Å². The lowest BCUT2D eigenvalue weighted by Gasteiger charge is -2.18. The third-order valence-electron chi connectivity index (χ3n) is 7.42. The number of hydrogen-bond acceptors (Lipinski definition) is 8. The SMILES string of the molecule is C=S(C)(=O)Nc1ccc2c(c1)CN(c1ccc(-c3nc4nc(OC5COC6C(O)COC56)[nH]c4cc3Cl)cc1)C2. The van der Waals surface area contributed by atoms with Crippen LogP contribution in [0.1, 0.15) is 11.1 Å². The average Bonchev–Trinajstić information content (AvgIpc) is 3.68. The molecule has 40 heavy (non-hydrogen) atoms. The molecule has 5 atom stereocenters. The highest BCUT2D eigenvalue weighted by Gasteiger charge is 2.48. The number of nitrogens with zero attached hydrogens (tertiary/aromatic N) is 3. The van der Waals surface area contributed by atoms with Gasteiger partial charge >= 0.3 is 0 Å². The minimum atomic E-state index is -2.33. The fourth-order valence-electron chi connectivity index (χ4n) is 5.56. The van der Waals surface area contributed by atoms with E-state index in [-0.39, 0.29) is 24.9 Å². The summed E-state index contributed by atoms with van der Waals surface area (Å²) in [5, 5.41) is 10.5. The lowest BCUT2D eigenvalue weighted by Crippen LogP contribution is -2.34. The number of benzene rings is 2. The lowest BCUT2D eigenvalue weighted by molar-refractivity contribution is 0.00706. The second-order valence-electron chi connectivity index (χ2n) is 10.5. The van der Waals surface area contributed by atoms with Crippen molar-refractivity contribution in [1.29, 1.82) is 0 Å². The van der Waals surface area contributed by atoms with E-state index in [0.717, 1.165) is 30.0 Å². The number of aromatic nitrogens is 3. The maximum absolute atomic E-state index is 12.0. The van der Waals surface area contributed by atoms with Gasteiger partial charge in [0.2, 0.25) is 0 Å². The quantitative estimate of drug-likeness (QED) is 0.296. The number of H-pyrrole nitrogens is 1. The zero-order valence-electron chi connectivity index (χ0n) is 21.7. The van der Waals surface area contributed by atoms with E-state index in [4.69, 9.17) is 30.8 Å². The molecule has 0 amide bonds. The molecule has 3 aliphatic heterocycles. The van der Waals surface area contributed by atoms with E-state index in [1.165, 1.54) is 11.1 Å². The van der Waals surface area contributed by atoms with Crippen LogP contribution in [0.2, 0.25) is 5.02 Å². The third kappa shape index (κ3) is 4.77. The smallest absolute Gasteiger partial charge is 0.296 e. The summed E-state index contributed by atoms with van der Waals surface area (Å²) in [4.78, 5) is 14.6. The summed E-state index contributed by atoms with van der Waals surface area (Å²) in [5.74, 6) is 3.68. The summed E-state index contributed by atoms with van der Waals surface area (Å²) in [6.45, 7) is 2.09. The second kappa shape index (κ2) is 9.64. The summed E-state index contributed by atoms with van der Waals surface area (Å²) in [6, 6.07) is 16.3. The molecule has 0 spiro atoms. The Hall–Kier alpha value is -3.35. The van der Waals surface area contributed by atoms with E-state index in [2.05, 4.69) is 43.7 Å². The van der Waals surface area contributed by atoms with Crippen molar-refractivity contribution in [3.63, 3.8) is 0 Å². The Bertz CT molecular complexity index is 1710. The molecule has 3 N–H and O–H groups in total. The highest BCUT2D eigenvalue weighted by Crippen LogP contribution is 2.35. The largest absolute Gasteiger partial charge is 0.456 e. The molecule has 2 fully saturated rings. The van der Waals surface area contributed by atoms with Gasteiger partial charge in [0.05, 0.1) is 29.4 Å². The first-order valence-electron chi connectivity index (χ1n) is 12.9. The molecular weight excluding hydrogens is 554 g/mol. The van der Waals surface area contributed by atoms with Gasteiger partial charge < -0.3 is 33.9 Å². The van der Waals surface area contributed by atoms with Crippen molar-refractivity contribution < 1.29 is 23.5 Å². The number of anilines is 2. The summed E-state index contributed by atoms with van der Waals surface area (Å²) < 4.78 is 32.3. The number of aromatic amines is 1. The van der Waals surface area contributed by atoms with Gasteiger partial charge in [-0.05, 0) is 47.3 Å². The van der Waals surface area contributed by atoms with Crippen LogP contribution in [0.3, 0.4) is 0 Å². The molecule has 2 aromatic carbocycles. The maximum Gasteiger partial charge on any atom is 0.296 e. The number of aliphatic hydroxyl groups is 1. The average molecular weight is 582 g/mol. The molecule has 5 heterocycles. The van der Waals surface area contributed by atoms with Crippen LogP contribution in [0.5, 0.6) is 6.01 Å². The Balaban J connectivity index is 1.07. The first kappa shape index (κ1) is 25.6. The molecule has 3 aliphatic rings. The van der Waals surface area contributed by atoms with E-state index in [9.17, 15) is 9.32 Å². The predicted molar refractivity (Wildman–Crippen MR) is 155 cm³/mol. The van der Waals surface area contributed by atoms with Gasteiger partial charge in [-0.3, -0.25) is 0 Å². The van der Waals surface area contributed by atoms with Crippen LogP contribution in [0.25, 0.3) is 22.4 Å². The number of rotatable bonds is 6. The summed E-state index contributed by atoms with van der Waals surface area (Å²) >= 11 is 6.63. The van der Waals surface area contributed by atoms with Crippen LogP contribution in [0, 0.1) is 0 Å². The molecule has 5 unspecified atom stereocenters. The monoisotopic (exact) mass is 581 g/mol. The van der Waals surface area contributed by atoms with Crippen molar-refractivity contribution in [2.24, 2.45) is 0 Å². The van der Waals surface area contributed by atoms with Crippen LogP contribution < -0.4 is 14.4 Å². The minimum Gasteiger partial charge on any atom is -0.456 e. The Morgan fingerprint density at radius 2 is 1.88 bits per heavy atom. The summed E-state index contributed by atoms with van der Waals surface area (Å²) in [6.07, 6.45) is -0.143. The molecule has 0 bridgehead atoms. The molecule has 12 heteroatoms. The number of imidazole rings is 1. The molecule has 7 rings (SSSR count). The Kier molecular flexibility index (Phi) is 6.17. The normalized spacial score (nSPS) is 25.1. The molecule has 2 saturated heterocycles. The molecule has 0 saturated carbocycles. The molecule has 4 aromatic rings. The summed E-state index contributed by atoms with van der Waals surface area (Å²) in [5.41, 5.74) is 6.97. The van der Waals surface area contributed by atoms with Gasteiger partial charge in [0.25, 0.3) is 6.01 Å². The second-order valence-corrected chi connectivity index (χ2v) is 13.2. The number of hydrogen-bond donors (Lipinski definition) is 3. The van der Waals surface area contributed by atoms with Gasteiger partial charge in [-0.2, -0.15) is 4.98 Å². The highest BCUT2D eigenvalue weighted by molar-refractivity contribution is 8.00. The molecule has 0 radical (unpaired) electrons. The topological polar surface area (TPSA) is 122 Å². The molecular formula is C28H28ClN5O5S. The molecule has 208 valence electrons. The Morgan fingerprint density at radius 1 is 1.10 bits per heavy atom.